The van der Waals surface area contributed by atoms with E-state index in [2.05, 4.69) is 31.4 Å². The molecule has 0 aromatic heterocycles. The summed E-state index contributed by atoms with van der Waals surface area (Å²) in [7, 11) is 3.29. The van der Waals surface area contributed by atoms with Gasteiger partial charge in [-0.05, 0) is 41.3 Å². The summed E-state index contributed by atoms with van der Waals surface area (Å²) in [4.78, 5) is 38.0. The molecule has 0 atom stereocenters. The Hall–Kier alpha value is -2.86. The van der Waals surface area contributed by atoms with Crippen molar-refractivity contribution >= 4 is 35.0 Å². The maximum absolute atomic E-state index is 12.3. The van der Waals surface area contributed by atoms with Gasteiger partial charge in [0.25, 0.3) is 11.8 Å². The molecule has 0 aliphatic carbocycles. The van der Waals surface area contributed by atoms with Crippen LogP contribution in [0.1, 0.15) is 53.5 Å². The predicted octanol–water partition coefficient (Wildman–Crippen LogP) is 4.10. The van der Waals surface area contributed by atoms with Gasteiger partial charge in [-0.2, -0.15) is 0 Å². The van der Waals surface area contributed by atoms with Crippen LogP contribution in [0.3, 0.4) is 0 Å². The molecular weight excluding hydrogens is 402 g/mol. The van der Waals surface area contributed by atoms with E-state index in [1.54, 1.807) is 38.4 Å². The molecule has 0 fully saturated rings. The maximum atomic E-state index is 12.3. The van der Waals surface area contributed by atoms with E-state index >= 15 is 0 Å². The molecule has 0 aliphatic heterocycles. The molecule has 0 aliphatic rings. The van der Waals surface area contributed by atoms with E-state index in [4.69, 9.17) is 11.6 Å². The van der Waals surface area contributed by atoms with Crippen molar-refractivity contribution in [2.45, 2.75) is 32.6 Å². The second-order valence-electron chi connectivity index (χ2n) is 8.28. The highest BCUT2D eigenvalue weighted by Crippen LogP contribution is 2.24. The Bertz CT molecular complexity index is 932. The van der Waals surface area contributed by atoms with E-state index < -0.39 is 0 Å². The van der Waals surface area contributed by atoms with E-state index in [-0.39, 0.29) is 36.1 Å². The van der Waals surface area contributed by atoms with E-state index in [0.29, 0.717) is 21.8 Å². The molecule has 2 aromatic carbocycles. The fourth-order valence-electron chi connectivity index (χ4n) is 2.74. The summed E-state index contributed by atoms with van der Waals surface area (Å²) in [5.74, 6) is -0.735. The first-order chi connectivity index (χ1) is 14.0. The molecule has 2 N–H and O–H groups in total. The molecule has 0 bridgehead atoms. The zero-order valence-corrected chi connectivity index (χ0v) is 18.8. The Labute approximate surface area is 182 Å². The third kappa shape index (κ3) is 6.32. The second kappa shape index (κ2) is 9.76. The number of benzene rings is 2. The number of carbonyl (C=O) groups is 3. The second-order valence-corrected chi connectivity index (χ2v) is 8.68. The Morgan fingerprint density at radius 3 is 2.13 bits per heavy atom. The lowest BCUT2D eigenvalue weighted by atomic mass is 9.87. The maximum Gasteiger partial charge on any atom is 0.253 e. The van der Waals surface area contributed by atoms with Crippen molar-refractivity contribution in [3.05, 3.63) is 64.2 Å². The van der Waals surface area contributed by atoms with Crippen molar-refractivity contribution in [3.63, 3.8) is 0 Å². The van der Waals surface area contributed by atoms with Crippen molar-refractivity contribution in [3.8, 4) is 0 Å². The SMILES string of the molecule is CN(C)C(=O)c1ccc(Cl)c(NC(=O)CCNC(=O)c2ccc(C(C)(C)C)cc2)c1. The fourth-order valence-corrected chi connectivity index (χ4v) is 2.90. The molecule has 30 heavy (non-hydrogen) atoms. The third-order valence-electron chi connectivity index (χ3n) is 4.54. The van der Waals surface area contributed by atoms with Crippen LogP contribution in [0.2, 0.25) is 5.02 Å². The number of carbonyl (C=O) groups excluding carboxylic acids is 3. The number of hydrogen-bond acceptors (Lipinski definition) is 3. The van der Waals surface area contributed by atoms with Gasteiger partial charge < -0.3 is 15.5 Å². The average Bonchev–Trinajstić information content (AvgIpc) is 2.68. The highest BCUT2D eigenvalue weighted by Gasteiger charge is 2.15. The molecule has 0 saturated carbocycles. The summed E-state index contributed by atoms with van der Waals surface area (Å²) in [6.45, 7) is 6.51. The fraction of sp³-hybridized carbons (Fsp3) is 0.348. The molecular formula is C23H28ClN3O3. The summed E-state index contributed by atoms with van der Waals surface area (Å²) < 4.78 is 0. The summed E-state index contributed by atoms with van der Waals surface area (Å²) in [5.41, 5.74) is 2.49. The summed E-state index contributed by atoms with van der Waals surface area (Å²) in [5, 5.41) is 5.76. The van der Waals surface area contributed by atoms with E-state index in [9.17, 15) is 14.4 Å². The minimum Gasteiger partial charge on any atom is -0.352 e. The number of amides is 3. The molecule has 3 amide bonds. The molecule has 160 valence electrons. The first-order valence-corrected chi connectivity index (χ1v) is 10.1. The first kappa shape index (κ1) is 23.4. The monoisotopic (exact) mass is 429 g/mol. The van der Waals surface area contributed by atoms with Gasteiger partial charge in [0, 0.05) is 38.2 Å². The Morgan fingerprint density at radius 2 is 1.57 bits per heavy atom. The molecule has 2 aromatic rings. The zero-order valence-electron chi connectivity index (χ0n) is 18.0. The summed E-state index contributed by atoms with van der Waals surface area (Å²) in [6, 6.07) is 12.1. The lowest BCUT2D eigenvalue weighted by Gasteiger charge is -2.19. The van der Waals surface area contributed by atoms with Crippen molar-refractivity contribution < 1.29 is 14.4 Å². The third-order valence-corrected chi connectivity index (χ3v) is 4.87. The molecule has 6 nitrogen and oxygen atoms in total. The van der Waals surface area contributed by atoms with Crippen LogP contribution in [0.15, 0.2) is 42.5 Å². The lowest BCUT2D eigenvalue weighted by Crippen LogP contribution is -2.28. The molecule has 0 unspecified atom stereocenters. The molecule has 2 rings (SSSR count). The van der Waals surface area contributed by atoms with E-state index in [1.165, 1.54) is 11.0 Å². The minimum atomic E-state index is -0.310. The molecule has 0 heterocycles. The molecule has 0 spiro atoms. The number of hydrogen-bond donors (Lipinski definition) is 2. The van der Waals surface area contributed by atoms with Gasteiger partial charge in [-0.1, -0.05) is 44.5 Å². The number of rotatable bonds is 6. The Kier molecular flexibility index (Phi) is 7.62. The van der Waals surface area contributed by atoms with Gasteiger partial charge in [0.05, 0.1) is 10.7 Å². The van der Waals surface area contributed by atoms with Gasteiger partial charge in [0.2, 0.25) is 5.91 Å². The normalized spacial score (nSPS) is 11.0. The quantitative estimate of drug-likeness (QED) is 0.725. The highest BCUT2D eigenvalue weighted by molar-refractivity contribution is 6.33. The highest BCUT2D eigenvalue weighted by atomic mass is 35.5. The van der Waals surface area contributed by atoms with Crippen LogP contribution < -0.4 is 10.6 Å². The molecule has 0 radical (unpaired) electrons. The van der Waals surface area contributed by atoms with Crippen LogP contribution in [0.25, 0.3) is 0 Å². The number of halogens is 1. The standard InChI is InChI=1S/C23H28ClN3O3/c1-23(2,3)17-9-6-15(7-10-17)21(29)25-13-12-20(28)26-19-14-16(8-11-18(19)24)22(30)27(4)5/h6-11,14H,12-13H2,1-5H3,(H,25,29)(H,26,28). The number of nitrogens with zero attached hydrogens (tertiary/aromatic N) is 1. The van der Waals surface area contributed by atoms with E-state index in [1.807, 2.05) is 12.1 Å². The predicted molar refractivity (Wildman–Crippen MR) is 120 cm³/mol. The van der Waals surface area contributed by atoms with Gasteiger partial charge in [0.1, 0.15) is 0 Å². The van der Waals surface area contributed by atoms with Gasteiger partial charge in [-0.3, -0.25) is 14.4 Å². The lowest BCUT2D eigenvalue weighted by molar-refractivity contribution is -0.116. The number of anilines is 1. The van der Waals surface area contributed by atoms with Crippen molar-refractivity contribution in [2.24, 2.45) is 0 Å². The van der Waals surface area contributed by atoms with Crippen LogP contribution in [0.4, 0.5) is 5.69 Å². The topological polar surface area (TPSA) is 78.5 Å². The van der Waals surface area contributed by atoms with Crippen LogP contribution >= 0.6 is 11.6 Å². The zero-order chi connectivity index (χ0) is 22.5. The van der Waals surface area contributed by atoms with Gasteiger partial charge in [0.15, 0.2) is 0 Å². The Balaban J connectivity index is 1.90. The Morgan fingerprint density at radius 1 is 0.967 bits per heavy atom. The van der Waals surface area contributed by atoms with Gasteiger partial charge in [-0.25, -0.2) is 0 Å². The van der Waals surface area contributed by atoms with Crippen LogP contribution in [0, 0.1) is 0 Å². The van der Waals surface area contributed by atoms with Crippen LogP contribution in [-0.2, 0) is 10.2 Å². The average molecular weight is 430 g/mol. The van der Waals surface area contributed by atoms with Crippen molar-refractivity contribution in [1.29, 1.82) is 0 Å². The first-order valence-electron chi connectivity index (χ1n) is 9.69. The number of nitrogens with one attached hydrogen (secondary N) is 2. The van der Waals surface area contributed by atoms with Crippen molar-refractivity contribution in [2.75, 3.05) is 26.0 Å². The van der Waals surface area contributed by atoms with Crippen molar-refractivity contribution in [1.82, 2.24) is 10.2 Å². The van der Waals surface area contributed by atoms with Gasteiger partial charge >= 0.3 is 0 Å². The minimum absolute atomic E-state index is 0.0167. The summed E-state index contributed by atoms with van der Waals surface area (Å²) >= 11 is 6.12. The van der Waals surface area contributed by atoms with Crippen LogP contribution in [-0.4, -0.2) is 43.3 Å². The van der Waals surface area contributed by atoms with Crippen LogP contribution in [0.5, 0.6) is 0 Å². The largest absolute Gasteiger partial charge is 0.352 e. The molecule has 7 heteroatoms. The van der Waals surface area contributed by atoms with E-state index in [0.717, 1.165) is 5.56 Å². The molecule has 0 saturated heterocycles. The smallest absolute Gasteiger partial charge is 0.253 e. The summed E-state index contributed by atoms with van der Waals surface area (Å²) in [6.07, 6.45) is 0.0774. The van der Waals surface area contributed by atoms with Gasteiger partial charge in [-0.15, -0.1) is 0 Å².